The van der Waals surface area contributed by atoms with Crippen LogP contribution in [0.5, 0.6) is 0 Å². The summed E-state index contributed by atoms with van der Waals surface area (Å²) < 4.78 is 0. The Kier molecular flexibility index (Phi) is 2.96. The third kappa shape index (κ3) is 2.33. The van der Waals surface area contributed by atoms with E-state index >= 15 is 0 Å². The Labute approximate surface area is 111 Å². The highest BCUT2D eigenvalue weighted by atomic mass is 32.1. The maximum absolute atomic E-state index is 10.1. The van der Waals surface area contributed by atoms with Crippen molar-refractivity contribution < 1.29 is 5.11 Å². The van der Waals surface area contributed by atoms with Crippen molar-refractivity contribution in [2.75, 3.05) is 0 Å². The Hall–Kier alpha value is -1.19. The molecule has 0 spiro atoms. The predicted octanol–water partition coefficient (Wildman–Crippen LogP) is 3.51. The summed E-state index contributed by atoms with van der Waals surface area (Å²) in [7, 11) is 0. The normalized spacial score (nSPS) is 18.6. The minimum Gasteiger partial charge on any atom is -0.392 e. The van der Waals surface area contributed by atoms with Crippen LogP contribution < -0.4 is 0 Å². The van der Waals surface area contributed by atoms with E-state index in [0.29, 0.717) is 6.42 Å². The van der Waals surface area contributed by atoms with E-state index in [1.807, 2.05) is 18.2 Å². The molecule has 94 valence electrons. The molecule has 2 nitrogen and oxygen atoms in total. The van der Waals surface area contributed by atoms with Gasteiger partial charge in [-0.05, 0) is 18.3 Å². The van der Waals surface area contributed by atoms with Gasteiger partial charge in [-0.1, -0.05) is 37.3 Å². The Morgan fingerprint density at radius 1 is 1.33 bits per heavy atom. The first-order valence-electron chi connectivity index (χ1n) is 6.35. The van der Waals surface area contributed by atoms with Gasteiger partial charge >= 0.3 is 0 Å². The van der Waals surface area contributed by atoms with E-state index in [1.165, 1.54) is 0 Å². The van der Waals surface area contributed by atoms with Crippen LogP contribution in [-0.4, -0.2) is 16.2 Å². The van der Waals surface area contributed by atoms with Gasteiger partial charge in [-0.2, -0.15) is 0 Å². The summed E-state index contributed by atoms with van der Waals surface area (Å²) in [6.07, 6.45) is 2.73. The minimum atomic E-state index is -0.243. The number of aromatic nitrogens is 1. The highest BCUT2D eigenvalue weighted by molar-refractivity contribution is 7.09. The van der Waals surface area contributed by atoms with Crippen LogP contribution in [0.25, 0.3) is 11.3 Å². The number of hydrogen-bond donors (Lipinski definition) is 1. The van der Waals surface area contributed by atoms with Crippen molar-refractivity contribution in [2.24, 2.45) is 5.41 Å². The van der Waals surface area contributed by atoms with E-state index in [0.717, 1.165) is 29.1 Å². The van der Waals surface area contributed by atoms with Gasteiger partial charge in [0.05, 0.1) is 16.8 Å². The molecule has 3 rings (SSSR count). The van der Waals surface area contributed by atoms with E-state index in [9.17, 15) is 5.11 Å². The molecule has 18 heavy (non-hydrogen) atoms. The van der Waals surface area contributed by atoms with Crippen LogP contribution in [0.15, 0.2) is 35.7 Å². The van der Waals surface area contributed by atoms with Crippen LogP contribution in [-0.2, 0) is 6.42 Å². The standard InChI is InChI=1S/C15H17NOS/c1-15(7-8-15)13(17)9-14-16-12(10-18-14)11-5-3-2-4-6-11/h2-6,10,13,17H,7-9H2,1H3. The number of rotatable bonds is 4. The van der Waals surface area contributed by atoms with Crippen molar-refractivity contribution in [2.45, 2.75) is 32.3 Å². The maximum Gasteiger partial charge on any atom is 0.0958 e. The molecule has 0 radical (unpaired) electrons. The second-order valence-electron chi connectivity index (χ2n) is 5.37. The number of benzene rings is 1. The minimum absolute atomic E-state index is 0.151. The molecule has 0 amide bonds. The molecule has 1 aromatic carbocycles. The molecule has 1 aliphatic rings. The lowest BCUT2D eigenvalue weighted by Gasteiger charge is -2.15. The van der Waals surface area contributed by atoms with Gasteiger partial charge in [-0.3, -0.25) is 0 Å². The van der Waals surface area contributed by atoms with Crippen molar-refractivity contribution in [3.05, 3.63) is 40.7 Å². The summed E-state index contributed by atoms with van der Waals surface area (Å²) in [6.45, 7) is 2.16. The number of aliphatic hydroxyl groups excluding tert-OH is 1. The third-order valence-electron chi connectivity index (χ3n) is 3.83. The summed E-state index contributed by atoms with van der Waals surface area (Å²) in [5, 5.41) is 13.3. The van der Waals surface area contributed by atoms with Gasteiger partial charge in [-0.15, -0.1) is 11.3 Å². The first kappa shape index (κ1) is 11.9. The number of nitrogens with zero attached hydrogens (tertiary/aromatic N) is 1. The van der Waals surface area contributed by atoms with Crippen LogP contribution in [0.2, 0.25) is 0 Å². The molecular formula is C15H17NOS. The smallest absolute Gasteiger partial charge is 0.0958 e. The van der Waals surface area contributed by atoms with Crippen LogP contribution in [0.1, 0.15) is 24.8 Å². The van der Waals surface area contributed by atoms with Crippen molar-refractivity contribution >= 4 is 11.3 Å². The fourth-order valence-corrected chi connectivity index (χ4v) is 2.93. The average Bonchev–Trinajstić information content (AvgIpc) is 2.98. The quantitative estimate of drug-likeness (QED) is 0.911. The molecule has 1 aromatic heterocycles. The number of thiazole rings is 1. The zero-order valence-electron chi connectivity index (χ0n) is 10.5. The van der Waals surface area contributed by atoms with Gasteiger partial charge in [-0.25, -0.2) is 4.98 Å². The molecule has 3 heteroatoms. The zero-order chi connectivity index (χ0) is 12.6. The Balaban J connectivity index is 1.74. The molecular weight excluding hydrogens is 242 g/mol. The van der Waals surface area contributed by atoms with Gasteiger partial charge < -0.3 is 5.11 Å². The molecule has 0 aliphatic heterocycles. The van der Waals surface area contributed by atoms with Crippen LogP contribution in [0.4, 0.5) is 0 Å². The predicted molar refractivity (Wildman–Crippen MR) is 74.6 cm³/mol. The van der Waals surface area contributed by atoms with Crippen LogP contribution in [0, 0.1) is 5.41 Å². The van der Waals surface area contributed by atoms with E-state index in [-0.39, 0.29) is 11.5 Å². The fourth-order valence-electron chi connectivity index (χ4n) is 2.09. The van der Waals surface area contributed by atoms with Crippen molar-refractivity contribution in [1.82, 2.24) is 4.98 Å². The lowest BCUT2D eigenvalue weighted by molar-refractivity contribution is 0.103. The highest BCUT2D eigenvalue weighted by Crippen LogP contribution is 2.49. The molecule has 0 bridgehead atoms. The summed E-state index contributed by atoms with van der Waals surface area (Å²) in [4.78, 5) is 4.62. The van der Waals surface area contributed by atoms with E-state index in [4.69, 9.17) is 0 Å². The SMILES string of the molecule is CC1(C(O)Cc2nc(-c3ccccc3)cs2)CC1. The molecule has 1 N–H and O–H groups in total. The van der Waals surface area contributed by atoms with E-state index in [2.05, 4.69) is 29.4 Å². The Morgan fingerprint density at radius 2 is 2.06 bits per heavy atom. The monoisotopic (exact) mass is 259 g/mol. The zero-order valence-corrected chi connectivity index (χ0v) is 11.3. The number of aliphatic hydroxyl groups is 1. The molecule has 1 atom stereocenters. The number of hydrogen-bond acceptors (Lipinski definition) is 3. The van der Waals surface area contributed by atoms with E-state index < -0.39 is 0 Å². The Morgan fingerprint density at radius 3 is 2.72 bits per heavy atom. The van der Waals surface area contributed by atoms with Gasteiger partial charge in [0.2, 0.25) is 0 Å². The van der Waals surface area contributed by atoms with Gasteiger partial charge in [0.25, 0.3) is 0 Å². The lowest BCUT2D eigenvalue weighted by Crippen LogP contribution is -2.21. The average molecular weight is 259 g/mol. The summed E-state index contributed by atoms with van der Waals surface area (Å²) in [5.74, 6) is 0. The van der Waals surface area contributed by atoms with Crippen molar-refractivity contribution in [3.8, 4) is 11.3 Å². The molecule has 1 saturated carbocycles. The molecule has 0 saturated heterocycles. The second kappa shape index (κ2) is 4.48. The summed E-state index contributed by atoms with van der Waals surface area (Å²) in [5.41, 5.74) is 2.31. The largest absolute Gasteiger partial charge is 0.392 e. The fraction of sp³-hybridized carbons (Fsp3) is 0.400. The third-order valence-corrected chi connectivity index (χ3v) is 4.70. The first-order chi connectivity index (χ1) is 8.67. The molecule has 1 heterocycles. The van der Waals surface area contributed by atoms with Crippen LogP contribution >= 0.6 is 11.3 Å². The lowest BCUT2D eigenvalue weighted by atomic mass is 9.99. The van der Waals surface area contributed by atoms with Crippen molar-refractivity contribution in [3.63, 3.8) is 0 Å². The second-order valence-corrected chi connectivity index (χ2v) is 6.31. The first-order valence-corrected chi connectivity index (χ1v) is 7.23. The molecule has 1 unspecified atom stereocenters. The topological polar surface area (TPSA) is 33.1 Å². The van der Waals surface area contributed by atoms with Crippen LogP contribution in [0.3, 0.4) is 0 Å². The molecule has 2 aromatic rings. The summed E-state index contributed by atoms with van der Waals surface area (Å²) >= 11 is 1.65. The molecule has 1 fully saturated rings. The van der Waals surface area contributed by atoms with Gasteiger partial charge in [0.15, 0.2) is 0 Å². The Bertz CT molecular complexity index is 530. The van der Waals surface area contributed by atoms with Gasteiger partial charge in [0.1, 0.15) is 0 Å². The highest BCUT2D eigenvalue weighted by Gasteiger charge is 2.44. The maximum atomic E-state index is 10.1. The summed E-state index contributed by atoms with van der Waals surface area (Å²) in [6, 6.07) is 10.2. The van der Waals surface area contributed by atoms with Gasteiger partial charge in [0, 0.05) is 17.4 Å². The van der Waals surface area contributed by atoms with E-state index in [1.54, 1.807) is 11.3 Å². The van der Waals surface area contributed by atoms with Crippen molar-refractivity contribution in [1.29, 1.82) is 0 Å². The molecule has 1 aliphatic carbocycles.